The van der Waals surface area contributed by atoms with Crippen molar-refractivity contribution in [2.24, 2.45) is 5.92 Å². The molecule has 8 heteroatoms. The Morgan fingerprint density at radius 3 is 2.58 bits per heavy atom. The molecule has 1 aliphatic heterocycles. The van der Waals surface area contributed by atoms with Gasteiger partial charge in [-0.05, 0) is 54.8 Å². The standard InChI is InChI=1S/C18H20ClN3O3S/c19-16-3-5-17(6-4-16)26(24,25)22-11-1-2-15(13-22)18(23)21-12-14-7-9-20-10-8-14/h3-10,15H,1-2,11-13H2,(H,21,23)/t15-/m1/s1. The van der Waals surface area contributed by atoms with Crippen LogP contribution in [0.3, 0.4) is 0 Å². The number of piperidine rings is 1. The Bertz CT molecular complexity index is 857. The van der Waals surface area contributed by atoms with Gasteiger partial charge in [-0.1, -0.05) is 11.6 Å². The van der Waals surface area contributed by atoms with E-state index >= 15 is 0 Å². The molecule has 2 aromatic rings. The van der Waals surface area contributed by atoms with Crippen LogP contribution in [0.15, 0.2) is 53.7 Å². The molecule has 0 aliphatic carbocycles. The van der Waals surface area contributed by atoms with Gasteiger partial charge in [0.15, 0.2) is 0 Å². The van der Waals surface area contributed by atoms with Gasteiger partial charge in [-0.2, -0.15) is 4.31 Å². The molecule has 0 radical (unpaired) electrons. The number of aromatic nitrogens is 1. The maximum absolute atomic E-state index is 12.8. The van der Waals surface area contributed by atoms with Crippen LogP contribution in [0.4, 0.5) is 0 Å². The van der Waals surface area contributed by atoms with Crippen LogP contribution in [0, 0.1) is 5.92 Å². The molecule has 3 rings (SSSR count). The fraction of sp³-hybridized carbons (Fsp3) is 0.333. The van der Waals surface area contributed by atoms with Gasteiger partial charge in [0.1, 0.15) is 0 Å². The van der Waals surface area contributed by atoms with Crippen molar-refractivity contribution in [1.29, 1.82) is 0 Å². The van der Waals surface area contributed by atoms with Crippen molar-refractivity contribution in [3.8, 4) is 0 Å². The average molecular weight is 394 g/mol. The van der Waals surface area contributed by atoms with Crippen molar-refractivity contribution in [3.63, 3.8) is 0 Å². The van der Waals surface area contributed by atoms with Gasteiger partial charge in [0.25, 0.3) is 0 Å². The van der Waals surface area contributed by atoms with Gasteiger partial charge in [0, 0.05) is 37.1 Å². The highest BCUT2D eigenvalue weighted by Crippen LogP contribution is 2.25. The number of amides is 1. The lowest BCUT2D eigenvalue weighted by atomic mass is 9.99. The first-order valence-corrected chi connectivity index (χ1v) is 10.2. The van der Waals surface area contributed by atoms with E-state index in [-0.39, 0.29) is 23.3 Å². The van der Waals surface area contributed by atoms with Crippen LogP contribution in [-0.4, -0.2) is 36.7 Å². The smallest absolute Gasteiger partial charge is 0.243 e. The van der Waals surface area contributed by atoms with Gasteiger partial charge in [-0.3, -0.25) is 9.78 Å². The SMILES string of the molecule is O=C(NCc1ccncc1)[C@@H]1CCCN(S(=O)(=O)c2ccc(Cl)cc2)C1. The summed E-state index contributed by atoms with van der Waals surface area (Å²) in [7, 11) is -3.63. The maximum atomic E-state index is 12.8. The summed E-state index contributed by atoms with van der Waals surface area (Å²) < 4.78 is 27.0. The maximum Gasteiger partial charge on any atom is 0.243 e. The van der Waals surface area contributed by atoms with Crippen molar-refractivity contribution >= 4 is 27.5 Å². The topological polar surface area (TPSA) is 79.4 Å². The van der Waals surface area contributed by atoms with Crippen molar-refractivity contribution in [1.82, 2.24) is 14.6 Å². The molecule has 1 saturated heterocycles. The zero-order valence-corrected chi connectivity index (χ0v) is 15.7. The molecule has 0 saturated carbocycles. The fourth-order valence-electron chi connectivity index (χ4n) is 2.96. The predicted octanol–water partition coefficient (Wildman–Crippen LogP) is 2.45. The number of nitrogens with one attached hydrogen (secondary N) is 1. The minimum atomic E-state index is -3.63. The van der Waals surface area contributed by atoms with E-state index < -0.39 is 10.0 Å². The highest BCUT2D eigenvalue weighted by atomic mass is 35.5. The van der Waals surface area contributed by atoms with Crippen molar-refractivity contribution in [2.75, 3.05) is 13.1 Å². The van der Waals surface area contributed by atoms with Crippen LogP contribution in [0.5, 0.6) is 0 Å². The molecule has 1 aromatic heterocycles. The molecule has 1 N–H and O–H groups in total. The minimum Gasteiger partial charge on any atom is -0.352 e. The normalized spacial score (nSPS) is 18.4. The Kier molecular flexibility index (Phi) is 5.90. The first kappa shape index (κ1) is 18.8. The minimum absolute atomic E-state index is 0.127. The highest BCUT2D eigenvalue weighted by Gasteiger charge is 2.33. The molecule has 6 nitrogen and oxygen atoms in total. The number of benzene rings is 1. The number of carbonyl (C=O) groups excluding carboxylic acids is 1. The Morgan fingerprint density at radius 1 is 1.19 bits per heavy atom. The summed E-state index contributed by atoms with van der Waals surface area (Å²) in [6, 6.07) is 9.75. The summed E-state index contributed by atoms with van der Waals surface area (Å²) in [5, 5.41) is 3.36. The summed E-state index contributed by atoms with van der Waals surface area (Å²) >= 11 is 5.83. The van der Waals surface area contributed by atoms with Crippen LogP contribution >= 0.6 is 11.6 Å². The van der Waals surface area contributed by atoms with Gasteiger partial charge in [0.2, 0.25) is 15.9 Å². The first-order valence-electron chi connectivity index (χ1n) is 8.39. The number of sulfonamides is 1. The lowest BCUT2D eigenvalue weighted by Crippen LogP contribution is -2.45. The van der Waals surface area contributed by atoms with E-state index in [2.05, 4.69) is 10.3 Å². The summed E-state index contributed by atoms with van der Waals surface area (Å²) in [5.74, 6) is -0.481. The fourth-order valence-corrected chi connectivity index (χ4v) is 4.61. The molecule has 0 spiro atoms. The molecule has 1 aliphatic rings. The predicted molar refractivity (Wildman–Crippen MR) is 99.0 cm³/mol. The average Bonchev–Trinajstić information content (AvgIpc) is 2.67. The van der Waals surface area contributed by atoms with Gasteiger partial charge in [0.05, 0.1) is 10.8 Å². The zero-order chi connectivity index (χ0) is 18.6. The monoisotopic (exact) mass is 393 g/mol. The molecule has 1 amide bonds. The summed E-state index contributed by atoms with van der Waals surface area (Å²) in [4.78, 5) is 16.6. The Balaban J connectivity index is 1.64. The van der Waals surface area contributed by atoms with E-state index in [0.29, 0.717) is 31.0 Å². The van der Waals surface area contributed by atoms with Gasteiger partial charge >= 0.3 is 0 Å². The van der Waals surface area contributed by atoms with Crippen LogP contribution in [0.2, 0.25) is 5.02 Å². The summed E-state index contributed by atoms with van der Waals surface area (Å²) in [5.41, 5.74) is 0.954. The Morgan fingerprint density at radius 2 is 1.88 bits per heavy atom. The van der Waals surface area contributed by atoms with E-state index in [1.165, 1.54) is 16.4 Å². The van der Waals surface area contributed by atoms with Crippen molar-refractivity contribution < 1.29 is 13.2 Å². The van der Waals surface area contributed by atoms with Gasteiger partial charge < -0.3 is 5.32 Å². The highest BCUT2D eigenvalue weighted by molar-refractivity contribution is 7.89. The molecule has 1 atom stereocenters. The molecule has 1 fully saturated rings. The number of carbonyl (C=O) groups is 1. The summed E-state index contributed by atoms with van der Waals surface area (Å²) in [6.45, 7) is 1.01. The second-order valence-corrected chi connectivity index (χ2v) is 8.60. The van der Waals surface area contributed by atoms with E-state index in [1.807, 2.05) is 12.1 Å². The molecule has 26 heavy (non-hydrogen) atoms. The third kappa shape index (κ3) is 4.41. The molecule has 2 heterocycles. The second kappa shape index (κ2) is 8.16. The third-order valence-electron chi connectivity index (χ3n) is 4.42. The van der Waals surface area contributed by atoms with Crippen LogP contribution in [0.25, 0.3) is 0 Å². The van der Waals surface area contributed by atoms with Gasteiger partial charge in [-0.15, -0.1) is 0 Å². The van der Waals surface area contributed by atoms with E-state index in [1.54, 1.807) is 24.5 Å². The van der Waals surface area contributed by atoms with Crippen LogP contribution < -0.4 is 5.32 Å². The number of halogens is 1. The van der Waals surface area contributed by atoms with Crippen LogP contribution in [0.1, 0.15) is 18.4 Å². The van der Waals surface area contributed by atoms with E-state index in [9.17, 15) is 13.2 Å². The van der Waals surface area contributed by atoms with E-state index in [0.717, 1.165) is 5.56 Å². The molecular formula is C18H20ClN3O3S. The van der Waals surface area contributed by atoms with Gasteiger partial charge in [-0.25, -0.2) is 8.42 Å². The van der Waals surface area contributed by atoms with Crippen molar-refractivity contribution in [3.05, 3.63) is 59.4 Å². The first-order chi connectivity index (χ1) is 12.5. The summed E-state index contributed by atoms with van der Waals surface area (Å²) in [6.07, 6.45) is 4.67. The van der Waals surface area contributed by atoms with Crippen molar-refractivity contribution in [2.45, 2.75) is 24.3 Å². The number of hydrogen-bond acceptors (Lipinski definition) is 4. The number of hydrogen-bond donors (Lipinski definition) is 1. The Labute approximate surface area is 158 Å². The lowest BCUT2D eigenvalue weighted by Gasteiger charge is -2.31. The number of rotatable bonds is 5. The molecule has 0 unspecified atom stereocenters. The number of pyridine rings is 1. The van der Waals surface area contributed by atoms with E-state index in [4.69, 9.17) is 11.6 Å². The Hall–Kier alpha value is -1.96. The molecule has 138 valence electrons. The molecular weight excluding hydrogens is 374 g/mol. The quantitative estimate of drug-likeness (QED) is 0.846. The third-order valence-corrected chi connectivity index (χ3v) is 6.55. The lowest BCUT2D eigenvalue weighted by molar-refractivity contribution is -0.126. The van der Waals surface area contributed by atoms with Crippen LogP contribution in [-0.2, 0) is 21.4 Å². The second-order valence-electron chi connectivity index (χ2n) is 6.23. The molecule has 1 aromatic carbocycles. The largest absolute Gasteiger partial charge is 0.352 e. The number of nitrogens with zero attached hydrogens (tertiary/aromatic N) is 2. The molecule has 0 bridgehead atoms. The zero-order valence-electron chi connectivity index (χ0n) is 14.1.